The van der Waals surface area contributed by atoms with Crippen LogP contribution >= 0.6 is 0 Å². The van der Waals surface area contributed by atoms with E-state index in [-0.39, 0.29) is 17.6 Å². The molecule has 2 N–H and O–H groups in total. The minimum atomic E-state index is -0.319. The van der Waals surface area contributed by atoms with Crippen molar-refractivity contribution in [1.29, 1.82) is 0 Å². The Morgan fingerprint density at radius 1 is 0.833 bits per heavy atom. The molecule has 4 aromatic rings. The summed E-state index contributed by atoms with van der Waals surface area (Å²) in [4.78, 5) is 24.6. The molecule has 6 nitrogen and oxygen atoms in total. The lowest BCUT2D eigenvalue weighted by molar-refractivity contribution is 0.0955. The molecule has 6 heteroatoms. The summed E-state index contributed by atoms with van der Waals surface area (Å²) in [5.74, 6) is -0.345. The molecule has 30 heavy (non-hydrogen) atoms. The van der Waals surface area contributed by atoms with Crippen LogP contribution in [0.25, 0.3) is 10.8 Å². The van der Waals surface area contributed by atoms with Crippen LogP contribution in [0.1, 0.15) is 33.4 Å². The molecule has 0 radical (unpaired) electrons. The first-order chi connectivity index (χ1) is 14.6. The van der Waals surface area contributed by atoms with Gasteiger partial charge in [0.05, 0.1) is 12.0 Å². The zero-order chi connectivity index (χ0) is 20.9. The van der Waals surface area contributed by atoms with Gasteiger partial charge in [-0.15, -0.1) is 0 Å². The summed E-state index contributed by atoms with van der Waals surface area (Å²) in [6.07, 6.45) is 1.45. The van der Waals surface area contributed by atoms with Gasteiger partial charge in [0.1, 0.15) is 0 Å². The number of carbonyl (C=O) groups is 2. The van der Waals surface area contributed by atoms with Crippen molar-refractivity contribution in [1.82, 2.24) is 5.43 Å². The lowest BCUT2D eigenvalue weighted by atomic mass is 10.0. The van der Waals surface area contributed by atoms with E-state index in [0.29, 0.717) is 17.0 Å². The minimum Gasteiger partial charge on any atom is -0.459 e. The van der Waals surface area contributed by atoms with Crippen molar-refractivity contribution in [2.45, 2.75) is 6.92 Å². The van der Waals surface area contributed by atoms with Gasteiger partial charge in [-0.2, -0.15) is 5.10 Å². The van der Waals surface area contributed by atoms with Crippen molar-refractivity contribution < 1.29 is 14.0 Å². The van der Waals surface area contributed by atoms with Crippen LogP contribution in [0.3, 0.4) is 0 Å². The molecule has 0 aliphatic heterocycles. The van der Waals surface area contributed by atoms with E-state index < -0.39 is 0 Å². The number of anilines is 1. The predicted octanol–water partition coefficient (Wildman–Crippen LogP) is 4.84. The fourth-order valence-electron chi connectivity index (χ4n) is 3.08. The van der Waals surface area contributed by atoms with E-state index in [1.165, 1.54) is 6.26 Å². The number of amides is 2. The Kier molecular flexibility index (Phi) is 5.39. The Bertz CT molecular complexity index is 1220. The molecular weight excluding hydrogens is 378 g/mol. The first-order valence-corrected chi connectivity index (χ1v) is 9.39. The van der Waals surface area contributed by atoms with Gasteiger partial charge in [0, 0.05) is 11.3 Å². The maximum absolute atomic E-state index is 12.6. The van der Waals surface area contributed by atoms with Crippen molar-refractivity contribution in [3.63, 3.8) is 0 Å². The molecule has 0 fully saturated rings. The van der Waals surface area contributed by atoms with Crippen LogP contribution in [0.5, 0.6) is 0 Å². The Morgan fingerprint density at radius 2 is 1.60 bits per heavy atom. The number of nitrogens with one attached hydrogen (secondary N) is 2. The average molecular weight is 397 g/mol. The number of benzene rings is 3. The SMILES string of the molecule is CC(=NNC(=O)c1cccc2ccccc12)c1ccc(NC(=O)c2ccco2)cc1. The topological polar surface area (TPSA) is 83.7 Å². The van der Waals surface area contributed by atoms with Crippen LogP contribution in [0.2, 0.25) is 0 Å². The van der Waals surface area contributed by atoms with E-state index in [9.17, 15) is 9.59 Å². The summed E-state index contributed by atoms with van der Waals surface area (Å²) in [7, 11) is 0. The van der Waals surface area contributed by atoms with E-state index in [2.05, 4.69) is 15.8 Å². The molecule has 0 aliphatic rings. The monoisotopic (exact) mass is 397 g/mol. The Balaban J connectivity index is 1.44. The van der Waals surface area contributed by atoms with Gasteiger partial charge in [-0.05, 0) is 53.6 Å². The quantitative estimate of drug-likeness (QED) is 0.373. The highest BCUT2D eigenvalue weighted by molar-refractivity contribution is 6.08. The highest BCUT2D eigenvalue weighted by Crippen LogP contribution is 2.18. The van der Waals surface area contributed by atoms with Gasteiger partial charge in [0.2, 0.25) is 0 Å². The fraction of sp³-hybridized carbons (Fsp3) is 0.0417. The van der Waals surface area contributed by atoms with Crippen molar-refractivity contribution in [2.24, 2.45) is 5.10 Å². The predicted molar refractivity (Wildman–Crippen MR) is 117 cm³/mol. The first-order valence-electron chi connectivity index (χ1n) is 9.39. The lowest BCUT2D eigenvalue weighted by Crippen LogP contribution is -2.19. The zero-order valence-electron chi connectivity index (χ0n) is 16.3. The summed E-state index contributed by atoms with van der Waals surface area (Å²) >= 11 is 0. The van der Waals surface area contributed by atoms with Gasteiger partial charge < -0.3 is 9.73 Å². The van der Waals surface area contributed by atoms with Gasteiger partial charge in [0.15, 0.2) is 5.76 Å². The number of nitrogens with zero attached hydrogens (tertiary/aromatic N) is 1. The van der Waals surface area contributed by atoms with Gasteiger partial charge in [-0.25, -0.2) is 5.43 Å². The second-order valence-electron chi connectivity index (χ2n) is 6.67. The number of hydrogen-bond donors (Lipinski definition) is 2. The van der Waals surface area contributed by atoms with Gasteiger partial charge in [-0.1, -0.05) is 48.5 Å². The molecule has 148 valence electrons. The van der Waals surface area contributed by atoms with Crippen LogP contribution < -0.4 is 10.7 Å². The Morgan fingerprint density at radius 3 is 2.37 bits per heavy atom. The summed E-state index contributed by atoms with van der Waals surface area (Å²) in [6.45, 7) is 1.81. The van der Waals surface area contributed by atoms with Crippen molar-refractivity contribution in [3.8, 4) is 0 Å². The third kappa shape index (κ3) is 4.12. The molecule has 0 saturated carbocycles. The molecule has 0 saturated heterocycles. The molecule has 0 aliphatic carbocycles. The Labute approximate surface area is 173 Å². The smallest absolute Gasteiger partial charge is 0.291 e. The van der Waals surface area contributed by atoms with E-state index in [1.54, 1.807) is 37.3 Å². The van der Waals surface area contributed by atoms with Gasteiger partial charge >= 0.3 is 0 Å². The van der Waals surface area contributed by atoms with Crippen LogP contribution in [-0.4, -0.2) is 17.5 Å². The standard InChI is InChI=1S/C24H19N3O3/c1-16(17-11-13-19(14-12-17)25-24(29)22-10-5-15-30-22)26-27-23(28)21-9-4-7-18-6-2-3-8-20(18)21/h2-15H,1H3,(H,25,29)(H,27,28). The number of fused-ring (bicyclic) bond motifs is 1. The second-order valence-corrected chi connectivity index (χ2v) is 6.67. The number of hydrazone groups is 1. The zero-order valence-corrected chi connectivity index (χ0v) is 16.3. The summed E-state index contributed by atoms with van der Waals surface area (Å²) in [5, 5.41) is 8.86. The van der Waals surface area contributed by atoms with Crippen LogP contribution in [0.15, 0.2) is 94.6 Å². The van der Waals surface area contributed by atoms with E-state index in [0.717, 1.165) is 16.3 Å². The number of carbonyl (C=O) groups excluding carboxylic acids is 2. The molecule has 0 unspecified atom stereocenters. The van der Waals surface area contributed by atoms with Gasteiger partial charge in [0.25, 0.3) is 11.8 Å². The summed E-state index contributed by atoms with van der Waals surface area (Å²) in [5.41, 5.74) is 5.29. The van der Waals surface area contributed by atoms with Gasteiger partial charge in [-0.3, -0.25) is 9.59 Å². The number of furan rings is 1. The molecule has 1 heterocycles. The maximum atomic E-state index is 12.6. The number of rotatable bonds is 5. The van der Waals surface area contributed by atoms with Crippen LogP contribution in [0.4, 0.5) is 5.69 Å². The molecule has 0 atom stereocenters. The van der Waals surface area contributed by atoms with Crippen LogP contribution in [0, 0.1) is 0 Å². The summed E-state index contributed by atoms with van der Waals surface area (Å²) in [6, 6.07) is 23.7. The van der Waals surface area contributed by atoms with Crippen LogP contribution in [-0.2, 0) is 0 Å². The van der Waals surface area contributed by atoms with Crippen molar-refractivity contribution in [2.75, 3.05) is 5.32 Å². The summed E-state index contributed by atoms with van der Waals surface area (Å²) < 4.78 is 5.08. The third-order valence-electron chi connectivity index (χ3n) is 4.66. The molecular formula is C24H19N3O3. The first kappa shape index (κ1) is 19.1. The molecule has 2 amide bonds. The largest absolute Gasteiger partial charge is 0.459 e. The third-order valence-corrected chi connectivity index (χ3v) is 4.66. The average Bonchev–Trinajstić information content (AvgIpc) is 3.32. The Hall–Kier alpha value is -4.19. The lowest BCUT2D eigenvalue weighted by Gasteiger charge is -2.07. The van der Waals surface area contributed by atoms with E-state index >= 15 is 0 Å². The maximum Gasteiger partial charge on any atom is 0.291 e. The van der Waals surface area contributed by atoms with E-state index in [1.807, 2.05) is 48.5 Å². The molecule has 4 rings (SSSR count). The highest BCUT2D eigenvalue weighted by Gasteiger charge is 2.10. The number of hydrogen-bond acceptors (Lipinski definition) is 4. The molecule has 0 spiro atoms. The molecule has 1 aromatic heterocycles. The minimum absolute atomic E-state index is 0.243. The highest BCUT2D eigenvalue weighted by atomic mass is 16.3. The second kappa shape index (κ2) is 8.45. The van der Waals surface area contributed by atoms with Crippen molar-refractivity contribution in [3.05, 3.63) is 102 Å². The molecule has 3 aromatic carbocycles. The van der Waals surface area contributed by atoms with Crippen molar-refractivity contribution >= 4 is 34.0 Å². The fourth-order valence-corrected chi connectivity index (χ4v) is 3.08. The molecule has 0 bridgehead atoms. The van der Waals surface area contributed by atoms with E-state index in [4.69, 9.17) is 4.42 Å². The normalized spacial score (nSPS) is 11.3.